The first-order valence-corrected chi connectivity index (χ1v) is 4.30. The van der Waals surface area contributed by atoms with Crippen LogP contribution in [-0.2, 0) is 0 Å². The van der Waals surface area contributed by atoms with Crippen molar-refractivity contribution in [3.05, 3.63) is 35.6 Å². The summed E-state index contributed by atoms with van der Waals surface area (Å²) in [5.41, 5.74) is 8.51. The first-order valence-electron chi connectivity index (χ1n) is 4.30. The van der Waals surface area contributed by atoms with Gasteiger partial charge in [-0.2, -0.15) is 5.53 Å². The van der Waals surface area contributed by atoms with Crippen molar-refractivity contribution >= 4 is 5.78 Å². The van der Waals surface area contributed by atoms with Gasteiger partial charge < -0.3 is 0 Å². The Morgan fingerprint density at radius 1 is 1.50 bits per heavy atom. The molecule has 0 bridgehead atoms. The van der Waals surface area contributed by atoms with Crippen LogP contribution in [0.3, 0.4) is 0 Å². The van der Waals surface area contributed by atoms with Gasteiger partial charge in [-0.3, -0.25) is 4.79 Å². The number of halogens is 1. The van der Waals surface area contributed by atoms with Crippen LogP contribution in [-0.4, -0.2) is 18.4 Å². The van der Waals surface area contributed by atoms with Crippen molar-refractivity contribution in [1.82, 2.24) is 16.4 Å². The highest BCUT2D eigenvalue weighted by Crippen LogP contribution is 2.07. The second kappa shape index (κ2) is 3.83. The van der Waals surface area contributed by atoms with Crippen LogP contribution in [0.25, 0.3) is 0 Å². The minimum absolute atomic E-state index is 0.123. The van der Waals surface area contributed by atoms with Gasteiger partial charge in [-0.15, -0.1) is 0 Å². The largest absolute Gasteiger partial charge is 0.292 e. The zero-order valence-electron chi connectivity index (χ0n) is 7.38. The van der Waals surface area contributed by atoms with Crippen LogP contribution < -0.4 is 16.4 Å². The zero-order chi connectivity index (χ0) is 9.97. The molecular formula is C9H10FN3O. The lowest BCUT2D eigenvalue weighted by Gasteiger charge is -2.06. The Morgan fingerprint density at radius 2 is 2.36 bits per heavy atom. The Bertz CT molecular complexity index is 350. The highest BCUT2D eigenvalue weighted by Gasteiger charge is 2.22. The summed E-state index contributed by atoms with van der Waals surface area (Å²) in [5, 5.41) is 0. The molecule has 1 saturated heterocycles. The lowest BCUT2D eigenvalue weighted by molar-refractivity contribution is 0.0954. The number of hydrazine groups is 2. The number of carbonyl (C=O) groups is 1. The fourth-order valence-corrected chi connectivity index (χ4v) is 1.34. The number of ketones is 1. The van der Waals surface area contributed by atoms with Crippen molar-refractivity contribution in [2.75, 3.05) is 6.54 Å². The summed E-state index contributed by atoms with van der Waals surface area (Å²) in [6.45, 7) is 0.495. The zero-order valence-corrected chi connectivity index (χ0v) is 7.38. The van der Waals surface area contributed by atoms with Crippen LogP contribution in [0.15, 0.2) is 24.3 Å². The number of hydrogen-bond donors (Lipinski definition) is 3. The third kappa shape index (κ3) is 1.79. The van der Waals surface area contributed by atoms with Gasteiger partial charge in [0.25, 0.3) is 0 Å². The van der Waals surface area contributed by atoms with Crippen LogP contribution in [0.2, 0.25) is 0 Å². The average molecular weight is 195 g/mol. The number of carbonyl (C=O) groups excluding carboxylic acids is 1. The lowest BCUT2D eigenvalue weighted by Crippen LogP contribution is -2.37. The maximum absolute atomic E-state index is 12.8. The number of Topliss-reactive ketones (excluding diaryl/α,β-unsaturated/α-hetero) is 1. The predicted molar refractivity (Wildman–Crippen MR) is 48.8 cm³/mol. The number of nitrogens with one attached hydrogen (secondary N) is 3. The first-order chi connectivity index (χ1) is 6.77. The van der Waals surface area contributed by atoms with E-state index in [0.717, 1.165) is 0 Å². The van der Waals surface area contributed by atoms with E-state index in [1.807, 2.05) is 0 Å². The van der Waals surface area contributed by atoms with Gasteiger partial charge in [0.2, 0.25) is 0 Å². The molecule has 0 spiro atoms. The molecule has 1 aromatic carbocycles. The molecule has 1 heterocycles. The fraction of sp³-hybridized carbons (Fsp3) is 0.222. The Morgan fingerprint density at radius 3 is 3.00 bits per heavy atom. The van der Waals surface area contributed by atoms with E-state index in [2.05, 4.69) is 16.4 Å². The molecule has 14 heavy (non-hydrogen) atoms. The molecule has 74 valence electrons. The Kier molecular flexibility index (Phi) is 2.53. The summed E-state index contributed by atoms with van der Waals surface area (Å²) in [7, 11) is 0. The van der Waals surface area contributed by atoms with Gasteiger partial charge in [-0.1, -0.05) is 12.1 Å². The van der Waals surface area contributed by atoms with Gasteiger partial charge in [0, 0.05) is 12.1 Å². The van der Waals surface area contributed by atoms with Gasteiger partial charge in [0.1, 0.15) is 5.82 Å². The predicted octanol–water partition coefficient (Wildman–Crippen LogP) is -0.0106. The second-order valence-electron chi connectivity index (χ2n) is 3.08. The molecule has 4 nitrogen and oxygen atoms in total. The third-order valence-electron chi connectivity index (χ3n) is 2.07. The minimum atomic E-state index is -0.394. The van der Waals surface area contributed by atoms with Crippen LogP contribution >= 0.6 is 0 Å². The van der Waals surface area contributed by atoms with E-state index in [4.69, 9.17) is 0 Å². The normalized spacial score (nSPS) is 21.1. The summed E-state index contributed by atoms with van der Waals surface area (Å²) < 4.78 is 12.8. The topological polar surface area (TPSA) is 53.2 Å². The van der Waals surface area contributed by atoms with Crippen molar-refractivity contribution < 1.29 is 9.18 Å². The molecule has 0 saturated carbocycles. The summed E-state index contributed by atoms with van der Waals surface area (Å²) in [6.07, 6.45) is 0. The molecule has 0 aliphatic carbocycles. The minimum Gasteiger partial charge on any atom is -0.292 e. The standard InChI is InChI=1S/C9H10FN3O/c10-7-3-1-2-6(4-7)9(14)8-5-11-13-12-8/h1-4,8,11-13H,5H2. The molecule has 1 aliphatic heterocycles. The van der Waals surface area contributed by atoms with E-state index in [9.17, 15) is 9.18 Å². The van der Waals surface area contributed by atoms with Gasteiger partial charge in [0.15, 0.2) is 5.78 Å². The Balaban J connectivity index is 2.17. The Hall–Kier alpha value is -1.30. The van der Waals surface area contributed by atoms with Crippen molar-refractivity contribution in [3.8, 4) is 0 Å². The highest BCUT2D eigenvalue weighted by molar-refractivity contribution is 6.00. The van der Waals surface area contributed by atoms with E-state index in [1.54, 1.807) is 6.07 Å². The van der Waals surface area contributed by atoms with Crippen molar-refractivity contribution in [1.29, 1.82) is 0 Å². The molecule has 3 N–H and O–H groups in total. The van der Waals surface area contributed by atoms with E-state index in [0.29, 0.717) is 12.1 Å². The molecule has 0 amide bonds. The summed E-state index contributed by atoms with van der Waals surface area (Å²) in [4.78, 5) is 11.7. The maximum atomic E-state index is 12.8. The molecule has 2 rings (SSSR count). The van der Waals surface area contributed by atoms with Gasteiger partial charge in [-0.05, 0) is 12.1 Å². The quantitative estimate of drug-likeness (QED) is 0.581. The highest BCUT2D eigenvalue weighted by atomic mass is 19.1. The van der Waals surface area contributed by atoms with Gasteiger partial charge >= 0.3 is 0 Å². The monoisotopic (exact) mass is 195 g/mol. The molecule has 1 atom stereocenters. The molecule has 1 fully saturated rings. The van der Waals surface area contributed by atoms with Crippen LogP contribution in [0.1, 0.15) is 10.4 Å². The summed E-state index contributed by atoms with van der Waals surface area (Å²) in [5.74, 6) is -0.517. The molecule has 1 unspecified atom stereocenters. The van der Waals surface area contributed by atoms with Gasteiger partial charge in [0.05, 0.1) is 6.04 Å². The number of hydrogen-bond acceptors (Lipinski definition) is 4. The molecular weight excluding hydrogens is 185 g/mol. The van der Waals surface area contributed by atoms with Gasteiger partial charge in [-0.25, -0.2) is 15.2 Å². The maximum Gasteiger partial charge on any atom is 0.182 e. The summed E-state index contributed by atoms with van der Waals surface area (Å²) >= 11 is 0. The lowest BCUT2D eigenvalue weighted by atomic mass is 10.1. The molecule has 0 aromatic heterocycles. The van der Waals surface area contributed by atoms with E-state index in [1.165, 1.54) is 18.2 Å². The van der Waals surface area contributed by atoms with Crippen LogP contribution in [0.4, 0.5) is 4.39 Å². The molecule has 1 aliphatic rings. The van der Waals surface area contributed by atoms with E-state index >= 15 is 0 Å². The van der Waals surface area contributed by atoms with Crippen molar-refractivity contribution in [3.63, 3.8) is 0 Å². The molecule has 5 heteroatoms. The second-order valence-corrected chi connectivity index (χ2v) is 3.08. The van der Waals surface area contributed by atoms with Crippen LogP contribution in [0, 0.1) is 5.82 Å². The Labute approximate surface area is 80.4 Å². The smallest absolute Gasteiger partial charge is 0.182 e. The van der Waals surface area contributed by atoms with Crippen LogP contribution in [0.5, 0.6) is 0 Å². The van der Waals surface area contributed by atoms with Crippen molar-refractivity contribution in [2.24, 2.45) is 0 Å². The summed E-state index contributed by atoms with van der Waals surface area (Å²) in [6, 6.07) is 5.35. The number of benzene rings is 1. The number of rotatable bonds is 2. The molecule has 1 aromatic rings. The fourth-order valence-electron chi connectivity index (χ4n) is 1.34. The van der Waals surface area contributed by atoms with E-state index in [-0.39, 0.29) is 11.8 Å². The SMILES string of the molecule is O=C(c1cccc(F)c1)C1CNNN1. The molecule has 0 radical (unpaired) electrons. The first kappa shape index (κ1) is 9.26. The average Bonchev–Trinajstić information content (AvgIpc) is 2.69. The third-order valence-corrected chi connectivity index (χ3v) is 2.07. The van der Waals surface area contributed by atoms with Crippen molar-refractivity contribution in [2.45, 2.75) is 6.04 Å². The van der Waals surface area contributed by atoms with E-state index < -0.39 is 5.82 Å².